The summed E-state index contributed by atoms with van der Waals surface area (Å²) in [6, 6.07) is -2.24. The van der Waals surface area contributed by atoms with Crippen molar-refractivity contribution in [3.8, 4) is 5.75 Å². The number of carbonyl (C=O) groups excluding carboxylic acids is 21. The molecule has 800 valence electrons. The highest BCUT2D eigenvalue weighted by Crippen LogP contribution is 2.21. The van der Waals surface area contributed by atoms with Crippen LogP contribution in [0.25, 0.3) is 0 Å². The van der Waals surface area contributed by atoms with Crippen LogP contribution >= 0.6 is 12.6 Å². The zero-order valence-electron chi connectivity index (χ0n) is 82.8. The molecule has 51 nitrogen and oxygen atoms in total. The van der Waals surface area contributed by atoms with Crippen LogP contribution in [0.1, 0.15) is 157 Å². The van der Waals surface area contributed by atoms with Gasteiger partial charge in [0.1, 0.15) is 102 Å². The van der Waals surface area contributed by atoms with Crippen LogP contribution in [0.15, 0.2) is 84.9 Å². The number of phenols is 1. The lowest BCUT2D eigenvalue weighted by Gasteiger charge is -2.28. The fourth-order valence-electron chi connectivity index (χ4n) is 14.6. The summed E-state index contributed by atoms with van der Waals surface area (Å²) in [5, 5.41) is 84.3. The Kier molecular flexibility index (Phi) is 53.0. The number of thiol groups is 1. The van der Waals surface area contributed by atoms with Gasteiger partial charge in [-0.15, -0.1) is 0 Å². The Hall–Kier alpha value is -14.7. The monoisotopic (exact) mass is 2060 g/mol. The Morgan fingerprint density at radius 2 is 0.807 bits per heavy atom. The van der Waals surface area contributed by atoms with E-state index in [2.05, 4.69) is 114 Å². The number of hydrogen-bond donors (Lipinski definition) is 29. The largest absolute Gasteiger partial charge is 0.508 e. The van der Waals surface area contributed by atoms with E-state index in [1.807, 2.05) is 0 Å². The number of aliphatic hydroxyl groups excluding tert-OH is 1. The fourth-order valence-corrected chi connectivity index (χ4v) is 14.9. The van der Waals surface area contributed by atoms with Gasteiger partial charge in [-0.2, -0.15) is 12.6 Å². The maximum Gasteiger partial charge on any atom is 0.326 e. The molecule has 1 aliphatic heterocycles. The first kappa shape index (κ1) is 123. The smallest absolute Gasteiger partial charge is 0.326 e. The second-order valence-electron chi connectivity index (χ2n) is 36.1. The fraction of sp³-hybridized carbons (Fsp3) is 0.559. The molecule has 0 saturated carbocycles. The van der Waals surface area contributed by atoms with Gasteiger partial charge in [0.2, 0.25) is 124 Å². The lowest BCUT2D eigenvalue weighted by atomic mass is 9.99. The molecule has 0 radical (unpaired) electrons. The minimum atomic E-state index is -1.81. The quantitative estimate of drug-likeness (QED) is 0.0108. The molecule has 0 aliphatic carbocycles. The second-order valence-corrected chi connectivity index (χ2v) is 36.4. The highest BCUT2D eigenvalue weighted by molar-refractivity contribution is 7.80. The molecule has 0 aromatic heterocycles. The number of nitrogens with one attached hydrogen (secondary N) is 20. The van der Waals surface area contributed by atoms with Crippen LogP contribution in [0.4, 0.5) is 0 Å². The van der Waals surface area contributed by atoms with Gasteiger partial charge >= 0.3 is 5.97 Å². The number of aliphatic carboxylic acids is 1. The van der Waals surface area contributed by atoms with Gasteiger partial charge in [-0.3, -0.25) is 106 Å². The van der Waals surface area contributed by atoms with Gasteiger partial charge in [-0.25, -0.2) is 4.79 Å². The van der Waals surface area contributed by atoms with Crippen molar-refractivity contribution in [2.75, 3.05) is 51.6 Å². The highest BCUT2D eigenvalue weighted by atomic mass is 32.1. The minimum Gasteiger partial charge on any atom is -0.508 e. The van der Waals surface area contributed by atoms with Crippen molar-refractivity contribution in [1.82, 2.24) is 106 Å². The summed E-state index contributed by atoms with van der Waals surface area (Å²) in [7, 11) is 0. The van der Waals surface area contributed by atoms with Gasteiger partial charge in [-0.1, -0.05) is 114 Å². The van der Waals surface area contributed by atoms with E-state index in [1.165, 1.54) is 58.9 Å². The Morgan fingerprint density at radius 3 is 1.30 bits per heavy atom. The number of likely N-dealkylation sites (tertiary alicyclic amines) is 1. The van der Waals surface area contributed by atoms with Crippen molar-refractivity contribution in [2.24, 2.45) is 46.4 Å². The number of rotatable bonds is 63. The van der Waals surface area contributed by atoms with Crippen molar-refractivity contribution >= 4 is 149 Å². The molecule has 145 heavy (non-hydrogen) atoms. The van der Waals surface area contributed by atoms with Gasteiger partial charge in [0.05, 0.1) is 38.7 Å². The molecule has 0 bridgehead atoms. The SMILES string of the molecule is CC(C)C[C@H](NC(=O)[C@H](CCCCN)NC(=O)[C@H](Cc1ccc(O)cc1)NC(=O)[C@@H](N)CCCNC(=N)N)C(=O)N[C@@H](C)C(=O)NCC(=O)N[C@H](C(=O)N[C@H](C(=O)N[C@@H](CO)C(=O)N[C@@H](Cc1ccccc1)C(=O)NCC(=O)N[C@@H](Cc1ccccc1)C(=O)NCC(=O)N[C@@H](CS)C(=O)N[C@@H](C)C(=O)N[C@@H](CCC(N)=O)C(=O)N[C@@H](C)C(=O)N[C@@H](CC(N)=O)C(=O)N[C@@H](C)C(=O)N1CCC[C@H]1C(=O)O)C(C)C)C(C)C. The van der Waals surface area contributed by atoms with E-state index in [-0.39, 0.29) is 82.2 Å². The summed E-state index contributed by atoms with van der Waals surface area (Å²) in [6.07, 6.45) is -0.429. The number of amides is 21. The van der Waals surface area contributed by atoms with E-state index < -0.39 is 296 Å². The summed E-state index contributed by atoms with van der Waals surface area (Å²) in [4.78, 5) is 299. The van der Waals surface area contributed by atoms with Crippen molar-refractivity contribution in [2.45, 2.75) is 262 Å². The zero-order chi connectivity index (χ0) is 109. The summed E-state index contributed by atoms with van der Waals surface area (Å²) in [5.74, 6) is -23.5. The molecule has 52 heteroatoms. The molecule has 3 aromatic carbocycles. The minimum absolute atomic E-state index is 0.0325. The molecule has 0 unspecified atom stereocenters. The molecule has 1 heterocycles. The Morgan fingerprint density at radius 1 is 0.407 bits per heavy atom. The van der Waals surface area contributed by atoms with Crippen molar-refractivity contribution in [3.63, 3.8) is 0 Å². The Labute approximate surface area is 844 Å². The van der Waals surface area contributed by atoms with Crippen LogP contribution in [0, 0.1) is 23.2 Å². The maximum atomic E-state index is 14.3. The lowest BCUT2D eigenvalue weighted by molar-refractivity contribution is -0.149. The van der Waals surface area contributed by atoms with E-state index in [1.54, 1.807) is 88.4 Å². The third-order valence-electron chi connectivity index (χ3n) is 22.7. The summed E-state index contributed by atoms with van der Waals surface area (Å²) in [5.41, 5.74) is 29.5. The van der Waals surface area contributed by atoms with E-state index in [0.717, 1.165) is 11.8 Å². The maximum absolute atomic E-state index is 14.3. The van der Waals surface area contributed by atoms with Gasteiger partial charge in [0, 0.05) is 44.5 Å². The van der Waals surface area contributed by atoms with E-state index in [0.29, 0.717) is 42.4 Å². The molecule has 17 atom stereocenters. The van der Waals surface area contributed by atoms with E-state index >= 15 is 0 Å². The van der Waals surface area contributed by atoms with Gasteiger partial charge in [0.15, 0.2) is 5.96 Å². The predicted molar refractivity (Wildman–Crippen MR) is 528 cm³/mol. The number of unbranched alkanes of at least 4 members (excludes halogenated alkanes) is 1. The number of benzene rings is 3. The second kappa shape index (κ2) is 62.7. The molecule has 33 N–H and O–H groups in total. The molecular weight excluding hydrogens is 1910 g/mol. The number of carbonyl (C=O) groups is 22. The first-order valence-corrected chi connectivity index (χ1v) is 48.1. The van der Waals surface area contributed by atoms with Crippen LogP contribution < -0.4 is 130 Å². The molecule has 0 spiro atoms. The molecular formula is C93H142N26O25S. The molecule has 1 aliphatic rings. The number of phenolic OH excluding ortho intramolecular Hbond substituents is 1. The average Bonchev–Trinajstić information content (AvgIpc) is 1.77. The number of guanidine groups is 1. The van der Waals surface area contributed by atoms with Gasteiger partial charge < -0.3 is 150 Å². The lowest BCUT2D eigenvalue weighted by Crippen LogP contribution is -2.61. The van der Waals surface area contributed by atoms with Gasteiger partial charge in [0.25, 0.3) is 0 Å². The van der Waals surface area contributed by atoms with E-state index in [4.69, 9.17) is 34.1 Å². The molecule has 1 saturated heterocycles. The highest BCUT2D eigenvalue weighted by Gasteiger charge is 2.41. The molecule has 21 amide bonds. The third-order valence-corrected chi connectivity index (χ3v) is 23.1. The summed E-state index contributed by atoms with van der Waals surface area (Å²) >= 11 is 4.17. The average molecular weight is 2060 g/mol. The first-order valence-electron chi connectivity index (χ1n) is 47.4. The van der Waals surface area contributed by atoms with Crippen molar-refractivity contribution in [3.05, 3.63) is 102 Å². The number of carboxylic acids is 1. The molecule has 3 aromatic rings. The van der Waals surface area contributed by atoms with Crippen molar-refractivity contribution in [1.29, 1.82) is 5.41 Å². The molecule has 4 rings (SSSR count). The number of aromatic hydroxyl groups is 1. The van der Waals surface area contributed by atoms with Crippen LogP contribution in [0.3, 0.4) is 0 Å². The first-order chi connectivity index (χ1) is 68.4. The number of primary amides is 2. The van der Waals surface area contributed by atoms with Crippen molar-refractivity contribution < 1.29 is 121 Å². The van der Waals surface area contributed by atoms with Crippen LogP contribution in [-0.2, 0) is 125 Å². The molecule has 1 fully saturated rings. The summed E-state index contributed by atoms with van der Waals surface area (Å²) in [6.45, 7) is 11.7. The number of carboxylic acid groups (broad SMARTS) is 1. The van der Waals surface area contributed by atoms with Crippen LogP contribution in [0.5, 0.6) is 5.75 Å². The van der Waals surface area contributed by atoms with E-state index in [9.17, 15) is 121 Å². The number of nitrogens with two attached hydrogens (primary N) is 5. The summed E-state index contributed by atoms with van der Waals surface area (Å²) < 4.78 is 0. The number of hydrogen-bond acceptors (Lipinski definition) is 28. The predicted octanol–water partition coefficient (Wildman–Crippen LogP) is -8.66. The number of aliphatic hydroxyl groups is 1. The van der Waals surface area contributed by atoms with Crippen LogP contribution in [0.2, 0.25) is 0 Å². The third kappa shape index (κ3) is 44.4. The number of nitrogens with zero attached hydrogens (tertiary/aromatic N) is 1. The normalized spacial score (nSPS) is 15.4. The Balaban J connectivity index is 1.37. The standard InChI is InChI=1S/C93H142N26O25S/c1-47(2)37-61(114-83(134)59(26-17-18-34-94)111-86(137)64(40-56-28-30-57(121)31-29-56)113-79(130)58(95)25-19-35-100-93(98)99)84(135)104-50(7)76(127)101-44-73(126)117-74(48(3)4)90(141)118-75(49(5)6)89(140)116-66(45-120)87(138)115-63(39-55-23-15-12-16-24-55)81(132)103-42-71(124)108-62(38-54-21-13-11-14-22-54)80(131)102-43-72(125)109-67(46-145)88(139)106-51(8)77(128)110-60(32-33-69(96)122)82(133)105-52(9)78(129)112-65(41-70(97)123)85(136)107-53(10)91(142)119-36-20-27-68(119)92(143)144/h11-16,21-24,28-31,47-53,58-68,74-75,120-121,145H,17-20,25-27,32-46,94-95H2,1-10H3,(H2,96,122)(H2,97,123)(H,101,127)(H,102,131)(H,103,132)(H,104,135)(H,105,133)(H,106,139)(H,107,136)(H,108,124)(H,109,125)(H,110,128)(H,111,137)(H,112,129)(H,113,130)(H,114,134)(H,115,138)(H,116,140)(H,117,126)(H,118,141)(H,143,144)(H4,98,99,100)/t50-,51-,52-,53-,58-,59-,60-,61-,62-,63-,64-,65-,66-,67-,68-,74-,75-/m0/s1. The van der Waals surface area contributed by atoms with Crippen LogP contribution in [-0.4, -0.2) is 311 Å². The zero-order valence-corrected chi connectivity index (χ0v) is 83.7. The van der Waals surface area contributed by atoms with Gasteiger partial charge in [-0.05, 0) is 139 Å². The topological polar surface area (TPSA) is 822 Å². The Bertz CT molecular complexity index is 4970.